The first-order valence-electron chi connectivity index (χ1n) is 11.3. The van der Waals surface area contributed by atoms with Crippen molar-refractivity contribution in [3.63, 3.8) is 0 Å². The molecule has 4 aromatic rings. The van der Waals surface area contributed by atoms with Gasteiger partial charge in [-0.2, -0.15) is 39.9 Å². The Kier molecular flexibility index (Phi) is 8.31. The molecule has 8 nitrogen and oxygen atoms in total. The van der Waals surface area contributed by atoms with E-state index in [4.69, 9.17) is 0 Å². The predicted molar refractivity (Wildman–Crippen MR) is 139 cm³/mol. The maximum absolute atomic E-state index is 12.9. The van der Waals surface area contributed by atoms with E-state index in [-0.39, 0.29) is 29.2 Å². The summed E-state index contributed by atoms with van der Waals surface area (Å²) in [5.74, 6) is -0.121. The minimum absolute atomic E-state index is 0.00795. The van der Waals surface area contributed by atoms with E-state index in [1.54, 1.807) is 12.1 Å². The highest BCUT2D eigenvalue weighted by atomic mass is 32.2. The van der Waals surface area contributed by atoms with Gasteiger partial charge in [0, 0.05) is 22.8 Å². The molecule has 0 aliphatic rings. The van der Waals surface area contributed by atoms with Gasteiger partial charge in [-0.25, -0.2) is 4.79 Å². The average Bonchev–Trinajstić information content (AvgIpc) is 2.89. The largest absolute Gasteiger partial charge is 0.508 e. The van der Waals surface area contributed by atoms with Crippen molar-refractivity contribution >= 4 is 35.3 Å². The second-order valence-corrected chi connectivity index (χ2v) is 9.12. The third-order valence-corrected chi connectivity index (χ3v) is 6.33. The molecule has 0 spiro atoms. The highest BCUT2D eigenvalue weighted by molar-refractivity contribution is 7.98. The molecule has 0 amide bonds. The lowest BCUT2D eigenvalue weighted by Gasteiger charge is -2.16. The Morgan fingerprint density at radius 1 is 0.895 bits per heavy atom. The van der Waals surface area contributed by atoms with Gasteiger partial charge < -0.3 is 20.8 Å². The number of benzene rings is 3. The van der Waals surface area contributed by atoms with Crippen LogP contribution in [0.5, 0.6) is 5.75 Å². The monoisotopic (exact) mass is 541 g/mol. The molecule has 196 valence electrons. The Morgan fingerprint density at radius 2 is 1.55 bits per heavy atom. The number of nitrogens with zero attached hydrogens (tertiary/aromatic N) is 3. The van der Waals surface area contributed by atoms with Gasteiger partial charge in [-0.05, 0) is 54.1 Å². The van der Waals surface area contributed by atoms with Crippen LogP contribution in [-0.4, -0.2) is 42.9 Å². The zero-order valence-electron chi connectivity index (χ0n) is 19.7. The summed E-state index contributed by atoms with van der Waals surface area (Å²) in [4.78, 5) is 24.8. The SMILES string of the molecule is O=C(O)C(CSCc1ccccc1)Nc1nc(Nc2ccc(C(F)(F)F)cc2)nc(-c2ccc(O)cc2)n1. The van der Waals surface area contributed by atoms with Gasteiger partial charge in [0.15, 0.2) is 5.82 Å². The van der Waals surface area contributed by atoms with Crippen LogP contribution in [0.4, 0.5) is 30.8 Å². The van der Waals surface area contributed by atoms with Gasteiger partial charge in [0.2, 0.25) is 11.9 Å². The van der Waals surface area contributed by atoms with Crippen LogP contribution in [0.25, 0.3) is 11.4 Å². The van der Waals surface area contributed by atoms with Crippen LogP contribution in [0, 0.1) is 0 Å². The molecule has 0 aliphatic carbocycles. The number of phenolic OH excluding ortho intramolecular Hbond substituents is 1. The lowest BCUT2D eigenvalue weighted by molar-refractivity contribution is -0.138. The van der Waals surface area contributed by atoms with Gasteiger partial charge in [-0.15, -0.1) is 0 Å². The van der Waals surface area contributed by atoms with E-state index < -0.39 is 23.8 Å². The number of carboxylic acids is 1. The van der Waals surface area contributed by atoms with Gasteiger partial charge in [0.1, 0.15) is 11.8 Å². The van der Waals surface area contributed by atoms with Crippen molar-refractivity contribution in [1.82, 2.24) is 15.0 Å². The van der Waals surface area contributed by atoms with Crippen LogP contribution in [0.3, 0.4) is 0 Å². The molecular weight excluding hydrogens is 519 g/mol. The van der Waals surface area contributed by atoms with Crippen molar-refractivity contribution in [2.75, 3.05) is 16.4 Å². The molecule has 0 saturated carbocycles. The molecular formula is C26H22F3N5O3S. The van der Waals surface area contributed by atoms with E-state index in [1.165, 1.54) is 36.0 Å². The number of carboxylic acid groups (broad SMARTS) is 1. The Labute approximate surface area is 220 Å². The standard InChI is InChI=1S/C26H22F3N5O3S/c27-26(28,29)18-8-10-19(11-9-18)30-24-32-22(17-6-12-20(35)13-7-17)33-25(34-24)31-21(23(36)37)15-38-14-16-4-2-1-3-5-16/h1-13,21,35H,14-15H2,(H,36,37)(H2,30,31,32,33,34). The van der Waals surface area contributed by atoms with Crippen molar-refractivity contribution in [1.29, 1.82) is 0 Å². The summed E-state index contributed by atoms with van der Waals surface area (Å²) in [6, 6.07) is 18.9. The third-order valence-electron chi connectivity index (χ3n) is 5.23. The third kappa shape index (κ3) is 7.35. The van der Waals surface area contributed by atoms with E-state index >= 15 is 0 Å². The van der Waals surface area contributed by atoms with E-state index in [9.17, 15) is 28.2 Å². The average molecular weight is 542 g/mol. The Hall–Kier alpha value is -4.32. The normalized spacial score (nSPS) is 12.1. The summed E-state index contributed by atoms with van der Waals surface area (Å²) >= 11 is 1.42. The zero-order chi connectivity index (χ0) is 27.1. The number of rotatable bonds is 10. The maximum atomic E-state index is 12.9. The number of aliphatic carboxylic acids is 1. The fraction of sp³-hybridized carbons (Fsp3) is 0.154. The van der Waals surface area contributed by atoms with Gasteiger partial charge in [0.05, 0.1) is 5.56 Å². The summed E-state index contributed by atoms with van der Waals surface area (Å²) in [6.07, 6.45) is -4.47. The second kappa shape index (κ2) is 11.8. The molecule has 0 fully saturated rings. The molecule has 0 saturated heterocycles. The van der Waals surface area contributed by atoms with Gasteiger partial charge >= 0.3 is 12.1 Å². The highest BCUT2D eigenvalue weighted by Gasteiger charge is 2.30. The van der Waals surface area contributed by atoms with Crippen molar-refractivity contribution in [3.8, 4) is 17.1 Å². The quantitative estimate of drug-likeness (QED) is 0.197. The number of anilines is 3. The Balaban J connectivity index is 1.57. The molecule has 38 heavy (non-hydrogen) atoms. The number of halogens is 3. The van der Waals surface area contributed by atoms with Crippen LogP contribution in [0.1, 0.15) is 11.1 Å². The number of aromatic nitrogens is 3. The number of nitrogens with one attached hydrogen (secondary N) is 2. The molecule has 4 N–H and O–H groups in total. The maximum Gasteiger partial charge on any atom is 0.416 e. The first-order valence-corrected chi connectivity index (χ1v) is 12.4. The number of aromatic hydroxyl groups is 1. The van der Waals surface area contributed by atoms with Gasteiger partial charge in [-0.1, -0.05) is 30.3 Å². The fourth-order valence-electron chi connectivity index (χ4n) is 3.31. The molecule has 1 atom stereocenters. The molecule has 1 aromatic heterocycles. The van der Waals surface area contributed by atoms with Crippen molar-refractivity contribution in [3.05, 3.63) is 90.0 Å². The number of thioether (sulfide) groups is 1. The number of phenols is 1. The minimum atomic E-state index is -4.47. The predicted octanol–water partition coefficient (Wildman–Crippen LogP) is 5.81. The summed E-state index contributed by atoms with van der Waals surface area (Å²) in [7, 11) is 0. The first-order chi connectivity index (χ1) is 18.2. The van der Waals surface area contributed by atoms with Crippen LogP contribution in [0.15, 0.2) is 78.9 Å². The lowest BCUT2D eigenvalue weighted by atomic mass is 10.2. The van der Waals surface area contributed by atoms with E-state index in [0.717, 1.165) is 17.7 Å². The molecule has 1 unspecified atom stereocenters. The Morgan fingerprint density at radius 3 is 2.18 bits per heavy atom. The fourth-order valence-corrected chi connectivity index (χ4v) is 4.31. The molecule has 0 radical (unpaired) electrons. The second-order valence-electron chi connectivity index (χ2n) is 8.09. The number of hydrogen-bond acceptors (Lipinski definition) is 8. The molecule has 12 heteroatoms. The van der Waals surface area contributed by atoms with Crippen LogP contribution >= 0.6 is 11.8 Å². The molecule has 1 heterocycles. The van der Waals surface area contributed by atoms with E-state index in [0.29, 0.717) is 17.0 Å². The summed E-state index contributed by atoms with van der Waals surface area (Å²) in [6.45, 7) is 0. The van der Waals surface area contributed by atoms with E-state index in [1.807, 2.05) is 30.3 Å². The van der Waals surface area contributed by atoms with Crippen molar-refractivity contribution in [2.45, 2.75) is 18.0 Å². The number of hydrogen-bond donors (Lipinski definition) is 4. The molecule has 0 bridgehead atoms. The smallest absolute Gasteiger partial charge is 0.416 e. The molecule has 4 rings (SSSR count). The van der Waals surface area contributed by atoms with Gasteiger partial charge in [0.25, 0.3) is 0 Å². The zero-order valence-corrected chi connectivity index (χ0v) is 20.5. The van der Waals surface area contributed by atoms with Gasteiger partial charge in [-0.3, -0.25) is 0 Å². The summed E-state index contributed by atoms with van der Waals surface area (Å²) < 4.78 is 38.7. The van der Waals surface area contributed by atoms with Crippen molar-refractivity contribution < 1.29 is 28.2 Å². The van der Waals surface area contributed by atoms with E-state index in [2.05, 4.69) is 25.6 Å². The first kappa shape index (κ1) is 26.7. The van der Waals surface area contributed by atoms with Crippen LogP contribution < -0.4 is 10.6 Å². The number of carbonyl (C=O) groups is 1. The topological polar surface area (TPSA) is 120 Å². The Bertz CT molecular complexity index is 1370. The summed E-state index contributed by atoms with van der Waals surface area (Å²) in [5, 5.41) is 25.0. The molecule has 0 aliphatic heterocycles. The van der Waals surface area contributed by atoms with Crippen LogP contribution in [-0.2, 0) is 16.7 Å². The minimum Gasteiger partial charge on any atom is -0.508 e. The number of alkyl halides is 3. The highest BCUT2D eigenvalue weighted by Crippen LogP contribution is 2.30. The van der Waals surface area contributed by atoms with Crippen molar-refractivity contribution in [2.24, 2.45) is 0 Å². The van der Waals surface area contributed by atoms with Crippen LogP contribution in [0.2, 0.25) is 0 Å². The molecule has 3 aromatic carbocycles. The lowest BCUT2D eigenvalue weighted by Crippen LogP contribution is -2.32. The summed E-state index contributed by atoms with van der Waals surface area (Å²) in [5.41, 5.74) is 1.05.